The lowest BCUT2D eigenvalue weighted by Gasteiger charge is -2.14. The summed E-state index contributed by atoms with van der Waals surface area (Å²) in [6.07, 6.45) is 0. The van der Waals surface area contributed by atoms with Crippen LogP contribution in [0, 0.1) is 0 Å². The van der Waals surface area contributed by atoms with Gasteiger partial charge in [0.05, 0.1) is 11.0 Å². The van der Waals surface area contributed by atoms with E-state index in [0.717, 1.165) is 39.1 Å². The van der Waals surface area contributed by atoms with Crippen molar-refractivity contribution in [1.82, 2.24) is 19.5 Å². The van der Waals surface area contributed by atoms with E-state index in [9.17, 15) is 0 Å². The Morgan fingerprint density at radius 1 is 0.262 bits per heavy atom. The molecule has 4 heteroatoms. The monoisotopic (exact) mass is 776 g/mol. The molecule has 12 rings (SSSR count). The highest BCUT2D eigenvalue weighted by Gasteiger charge is 2.18. The summed E-state index contributed by atoms with van der Waals surface area (Å²) < 4.78 is 2.41. The number of aromatic nitrogens is 4. The molecule has 12 aromatic rings. The minimum atomic E-state index is 0.628. The van der Waals surface area contributed by atoms with E-state index in [1.54, 1.807) is 0 Å². The van der Waals surface area contributed by atoms with E-state index >= 15 is 0 Å². The van der Waals surface area contributed by atoms with Gasteiger partial charge in [0.15, 0.2) is 17.5 Å². The van der Waals surface area contributed by atoms with E-state index < -0.39 is 0 Å². The average Bonchev–Trinajstić information content (AvgIpc) is 3.64. The normalized spacial score (nSPS) is 11.6. The van der Waals surface area contributed by atoms with Gasteiger partial charge in [-0.1, -0.05) is 176 Å². The number of nitrogens with zero attached hydrogens (tertiary/aromatic N) is 4. The molecule has 0 spiro atoms. The minimum absolute atomic E-state index is 0.628. The van der Waals surface area contributed by atoms with Gasteiger partial charge < -0.3 is 4.57 Å². The van der Waals surface area contributed by atoms with Crippen molar-refractivity contribution in [2.24, 2.45) is 0 Å². The van der Waals surface area contributed by atoms with Crippen LogP contribution in [0.15, 0.2) is 218 Å². The van der Waals surface area contributed by atoms with Crippen molar-refractivity contribution >= 4 is 54.1 Å². The predicted molar refractivity (Wildman–Crippen MR) is 254 cm³/mol. The second-order valence-electron chi connectivity index (χ2n) is 15.7. The zero-order valence-corrected chi connectivity index (χ0v) is 33.1. The first-order valence-corrected chi connectivity index (χ1v) is 20.7. The second-order valence-corrected chi connectivity index (χ2v) is 15.7. The summed E-state index contributed by atoms with van der Waals surface area (Å²) >= 11 is 0. The van der Waals surface area contributed by atoms with E-state index in [1.165, 1.54) is 59.7 Å². The second kappa shape index (κ2) is 14.3. The van der Waals surface area contributed by atoms with Crippen LogP contribution in [0.25, 0.3) is 116 Å². The van der Waals surface area contributed by atoms with Gasteiger partial charge in [0, 0.05) is 33.2 Å². The van der Waals surface area contributed by atoms with E-state index in [-0.39, 0.29) is 0 Å². The largest absolute Gasteiger partial charge is 0.309 e. The third kappa shape index (κ3) is 6.12. The summed E-state index contributed by atoms with van der Waals surface area (Å²) in [5, 5.41) is 9.88. The molecule has 0 aliphatic heterocycles. The summed E-state index contributed by atoms with van der Waals surface area (Å²) in [6.45, 7) is 0. The van der Waals surface area contributed by atoms with Crippen LogP contribution in [0.1, 0.15) is 0 Å². The van der Waals surface area contributed by atoms with Gasteiger partial charge in [0.25, 0.3) is 0 Å². The van der Waals surface area contributed by atoms with E-state index in [1.807, 2.05) is 18.2 Å². The van der Waals surface area contributed by atoms with Crippen molar-refractivity contribution < 1.29 is 0 Å². The number of hydrogen-bond acceptors (Lipinski definition) is 3. The Labute approximate surface area is 352 Å². The van der Waals surface area contributed by atoms with Crippen LogP contribution in [0.2, 0.25) is 0 Å². The van der Waals surface area contributed by atoms with Crippen LogP contribution in [-0.4, -0.2) is 19.5 Å². The summed E-state index contributed by atoms with van der Waals surface area (Å²) in [7, 11) is 0. The predicted octanol–water partition coefficient (Wildman–Crippen LogP) is 14.8. The van der Waals surface area contributed by atoms with Crippen LogP contribution >= 0.6 is 0 Å². The molecule has 0 aliphatic rings. The van der Waals surface area contributed by atoms with Gasteiger partial charge in [-0.3, -0.25) is 0 Å². The van der Waals surface area contributed by atoms with Gasteiger partial charge in [-0.05, 0) is 97.0 Å². The molecule has 0 radical (unpaired) electrons. The van der Waals surface area contributed by atoms with Crippen LogP contribution in [-0.2, 0) is 0 Å². The first kappa shape index (κ1) is 34.8. The Morgan fingerprint density at radius 3 is 1.30 bits per heavy atom. The molecule has 2 aromatic heterocycles. The van der Waals surface area contributed by atoms with Crippen LogP contribution in [0.5, 0.6) is 0 Å². The molecular formula is C57H36N4. The SMILES string of the molecule is c1ccc(-c2nc(-c3ccc(-c4ccc5ccccc5c4)cc3)nc(-c3ccccc3-c3ccc(-n4c5cc6ccccc6cc5c5cc6ccccc6cc54)cc3)n2)cc1. The number of benzene rings is 10. The maximum Gasteiger partial charge on any atom is 0.164 e. The van der Waals surface area contributed by atoms with Crippen molar-refractivity contribution in [3.05, 3.63) is 218 Å². The fourth-order valence-corrected chi connectivity index (χ4v) is 8.91. The van der Waals surface area contributed by atoms with Crippen LogP contribution in [0.4, 0.5) is 0 Å². The first-order chi connectivity index (χ1) is 30.2. The fraction of sp³-hybridized carbons (Fsp3) is 0. The van der Waals surface area contributed by atoms with Crippen molar-refractivity contribution in [3.8, 4) is 62.1 Å². The molecular weight excluding hydrogens is 741 g/mol. The Hall–Kier alpha value is -8.21. The summed E-state index contributed by atoms with van der Waals surface area (Å²) in [4.78, 5) is 15.4. The molecule has 4 nitrogen and oxygen atoms in total. The Kier molecular flexibility index (Phi) is 8.13. The van der Waals surface area contributed by atoms with Crippen LogP contribution < -0.4 is 0 Å². The standard InChI is InChI=1S/C57H36N4/c1-2-13-40(14-3-1)55-58-56(41-25-22-38(23-26-41)47-27-24-37-12-4-5-15-42(37)32-47)60-57(59-55)50-21-11-10-20-49(50)39-28-30-48(31-29-39)61-53-35-45-18-8-6-16-43(45)33-51(53)52-34-44-17-7-9-19-46(44)36-54(52)61/h1-36H. The highest BCUT2D eigenvalue weighted by atomic mass is 15.0. The molecule has 61 heavy (non-hydrogen) atoms. The minimum Gasteiger partial charge on any atom is -0.309 e. The molecule has 0 bridgehead atoms. The Balaban J connectivity index is 0.961. The van der Waals surface area contributed by atoms with Crippen molar-refractivity contribution in [2.75, 3.05) is 0 Å². The maximum absolute atomic E-state index is 5.18. The first-order valence-electron chi connectivity index (χ1n) is 20.7. The van der Waals surface area contributed by atoms with Crippen LogP contribution in [0.3, 0.4) is 0 Å². The van der Waals surface area contributed by atoms with Crippen molar-refractivity contribution in [2.45, 2.75) is 0 Å². The molecule has 0 saturated carbocycles. The average molecular weight is 777 g/mol. The van der Waals surface area contributed by atoms with Crippen molar-refractivity contribution in [3.63, 3.8) is 0 Å². The molecule has 0 saturated heterocycles. The van der Waals surface area contributed by atoms with Gasteiger partial charge in [-0.2, -0.15) is 0 Å². The quantitative estimate of drug-likeness (QED) is 0.169. The zero-order valence-electron chi connectivity index (χ0n) is 33.1. The molecule has 10 aromatic carbocycles. The molecule has 2 heterocycles. The third-order valence-electron chi connectivity index (χ3n) is 12.0. The molecule has 0 atom stereocenters. The molecule has 0 aliphatic carbocycles. The molecule has 0 amide bonds. The van der Waals surface area contributed by atoms with E-state index in [0.29, 0.717) is 17.5 Å². The molecule has 284 valence electrons. The Morgan fingerprint density at radius 2 is 0.689 bits per heavy atom. The lowest BCUT2D eigenvalue weighted by molar-refractivity contribution is 1.07. The van der Waals surface area contributed by atoms with Gasteiger partial charge >= 0.3 is 0 Å². The lowest BCUT2D eigenvalue weighted by Crippen LogP contribution is -2.01. The van der Waals surface area contributed by atoms with E-state index in [4.69, 9.17) is 15.0 Å². The van der Waals surface area contributed by atoms with Gasteiger partial charge in [-0.25, -0.2) is 15.0 Å². The molecule has 0 fully saturated rings. The topological polar surface area (TPSA) is 43.6 Å². The summed E-state index contributed by atoms with van der Waals surface area (Å²) in [5.41, 5.74) is 10.7. The summed E-state index contributed by atoms with van der Waals surface area (Å²) in [5.74, 6) is 1.89. The Bertz CT molecular complexity index is 3530. The fourth-order valence-electron chi connectivity index (χ4n) is 8.91. The highest BCUT2D eigenvalue weighted by molar-refractivity contribution is 6.16. The maximum atomic E-state index is 5.18. The number of rotatable bonds is 6. The number of hydrogen-bond donors (Lipinski definition) is 0. The zero-order chi connectivity index (χ0) is 40.3. The molecule has 0 N–H and O–H groups in total. The smallest absolute Gasteiger partial charge is 0.164 e. The third-order valence-corrected chi connectivity index (χ3v) is 12.0. The molecule has 0 unspecified atom stereocenters. The summed E-state index contributed by atoms with van der Waals surface area (Å²) in [6, 6.07) is 77.7. The van der Waals surface area contributed by atoms with Gasteiger partial charge in [0.2, 0.25) is 0 Å². The van der Waals surface area contributed by atoms with Gasteiger partial charge in [0.1, 0.15) is 0 Å². The van der Waals surface area contributed by atoms with E-state index in [2.05, 4.69) is 205 Å². The van der Waals surface area contributed by atoms with Crippen molar-refractivity contribution in [1.29, 1.82) is 0 Å². The lowest BCUT2D eigenvalue weighted by atomic mass is 9.98. The highest BCUT2D eigenvalue weighted by Crippen LogP contribution is 2.39. The van der Waals surface area contributed by atoms with Gasteiger partial charge in [-0.15, -0.1) is 0 Å². The number of fused-ring (bicyclic) bond motifs is 6.